The van der Waals surface area contributed by atoms with Gasteiger partial charge in [0.05, 0.1) is 11.8 Å². The van der Waals surface area contributed by atoms with Gasteiger partial charge in [-0.3, -0.25) is 9.89 Å². The third-order valence-corrected chi connectivity index (χ3v) is 5.33. The van der Waals surface area contributed by atoms with E-state index in [1.807, 2.05) is 42.3 Å². The lowest BCUT2D eigenvalue weighted by atomic mass is 9.89. The molecule has 0 aliphatic carbocycles. The van der Waals surface area contributed by atoms with Gasteiger partial charge in [0.25, 0.3) is 5.91 Å². The standard InChI is InChI=1S/C22H23N3O2/c1-15-7-8-18(20(26)13-15)22(27)25-11-9-17(10-12-25)21-19(14-23-24-21)16-5-3-2-4-6-16/h2-8,13-14,17,26H,9-12H2,1H3,(H,23,24). The topological polar surface area (TPSA) is 69.2 Å². The molecule has 1 aliphatic rings. The van der Waals surface area contributed by atoms with E-state index in [4.69, 9.17) is 0 Å². The fourth-order valence-corrected chi connectivity index (χ4v) is 3.82. The summed E-state index contributed by atoms with van der Waals surface area (Å²) in [4.78, 5) is 14.6. The molecule has 1 aromatic heterocycles. The normalized spacial score (nSPS) is 15.1. The maximum absolute atomic E-state index is 12.8. The van der Waals surface area contributed by atoms with Crippen LogP contribution in [-0.2, 0) is 0 Å². The van der Waals surface area contributed by atoms with Crippen LogP contribution >= 0.6 is 0 Å². The minimum atomic E-state index is -0.0983. The minimum absolute atomic E-state index is 0.0575. The summed E-state index contributed by atoms with van der Waals surface area (Å²) < 4.78 is 0. The van der Waals surface area contributed by atoms with Crippen molar-refractivity contribution < 1.29 is 9.90 Å². The minimum Gasteiger partial charge on any atom is -0.507 e. The van der Waals surface area contributed by atoms with E-state index in [1.54, 1.807) is 12.1 Å². The first-order valence-corrected chi connectivity index (χ1v) is 9.31. The highest BCUT2D eigenvalue weighted by Crippen LogP contribution is 2.34. The number of rotatable bonds is 3. The number of phenolic OH excluding ortho intramolecular Hbond substituents is 1. The van der Waals surface area contributed by atoms with Gasteiger partial charge < -0.3 is 10.0 Å². The molecule has 1 amide bonds. The average Bonchev–Trinajstić information content (AvgIpc) is 3.18. The van der Waals surface area contributed by atoms with Gasteiger partial charge in [-0.05, 0) is 43.0 Å². The van der Waals surface area contributed by atoms with Crippen LogP contribution in [0.25, 0.3) is 11.1 Å². The van der Waals surface area contributed by atoms with Crippen LogP contribution in [0.4, 0.5) is 0 Å². The molecule has 0 saturated carbocycles. The molecule has 138 valence electrons. The smallest absolute Gasteiger partial charge is 0.257 e. The number of carbonyl (C=O) groups is 1. The first-order valence-electron chi connectivity index (χ1n) is 9.31. The van der Waals surface area contributed by atoms with Crippen molar-refractivity contribution in [2.75, 3.05) is 13.1 Å². The number of aromatic hydroxyl groups is 1. The quantitative estimate of drug-likeness (QED) is 0.737. The Bertz CT molecular complexity index is 941. The fourth-order valence-electron chi connectivity index (χ4n) is 3.82. The van der Waals surface area contributed by atoms with Crippen LogP contribution in [0.5, 0.6) is 5.75 Å². The molecule has 2 N–H and O–H groups in total. The molecule has 0 unspecified atom stereocenters. The molecule has 0 radical (unpaired) electrons. The van der Waals surface area contributed by atoms with Gasteiger partial charge in [0.1, 0.15) is 5.75 Å². The number of piperidine rings is 1. The van der Waals surface area contributed by atoms with Crippen LogP contribution < -0.4 is 0 Å². The van der Waals surface area contributed by atoms with E-state index in [-0.39, 0.29) is 11.7 Å². The van der Waals surface area contributed by atoms with E-state index >= 15 is 0 Å². The number of aromatic nitrogens is 2. The first-order chi connectivity index (χ1) is 13.1. The lowest BCUT2D eigenvalue weighted by molar-refractivity contribution is 0.0709. The summed E-state index contributed by atoms with van der Waals surface area (Å²) in [5.74, 6) is 0.305. The second kappa shape index (κ2) is 7.27. The van der Waals surface area contributed by atoms with Crippen molar-refractivity contribution in [2.24, 2.45) is 0 Å². The van der Waals surface area contributed by atoms with E-state index in [9.17, 15) is 9.90 Å². The lowest BCUT2D eigenvalue weighted by Crippen LogP contribution is -2.38. The van der Waals surface area contributed by atoms with Crippen LogP contribution in [0.15, 0.2) is 54.7 Å². The molecule has 1 saturated heterocycles. The van der Waals surface area contributed by atoms with Crippen molar-refractivity contribution in [1.82, 2.24) is 15.1 Å². The molecule has 1 fully saturated rings. The van der Waals surface area contributed by atoms with Gasteiger partial charge in [0.15, 0.2) is 0 Å². The first kappa shape index (κ1) is 17.3. The van der Waals surface area contributed by atoms with Crippen LogP contribution in [0.3, 0.4) is 0 Å². The predicted octanol–water partition coefficient (Wildman–Crippen LogP) is 4.11. The van der Waals surface area contributed by atoms with Crippen molar-refractivity contribution >= 4 is 5.91 Å². The number of aromatic amines is 1. The fraction of sp³-hybridized carbons (Fsp3) is 0.273. The Morgan fingerprint density at radius 2 is 1.89 bits per heavy atom. The highest BCUT2D eigenvalue weighted by atomic mass is 16.3. The molecule has 0 bridgehead atoms. The van der Waals surface area contributed by atoms with Crippen LogP contribution in [0.1, 0.15) is 40.4 Å². The van der Waals surface area contributed by atoms with Crippen LogP contribution in [-0.4, -0.2) is 39.2 Å². The third kappa shape index (κ3) is 3.45. The number of carbonyl (C=O) groups excluding carboxylic acids is 1. The number of benzene rings is 2. The van der Waals surface area contributed by atoms with Gasteiger partial charge in [-0.1, -0.05) is 36.4 Å². The van der Waals surface area contributed by atoms with Crippen molar-refractivity contribution in [3.05, 3.63) is 71.5 Å². The largest absolute Gasteiger partial charge is 0.507 e. The highest BCUT2D eigenvalue weighted by Gasteiger charge is 2.28. The van der Waals surface area contributed by atoms with E-state index < -0.39 is 0 Å². The number of H-pyrrole nitrogens is 1. The zero-order valence-corrected chi connectivity index (χ0v) is 15.4. The molecule has 0 atom stereocenters. The van der Waals surface area contributed by atoms with Gasteiger partial charge >= 0.3 is 0 Å². The molecule has 27 heavy (non-hydrogen) atoms. The van der Waals surface area contributed by atoms with E-state index in [2.05, 4.69) is 22.3 Å². The Morgan fingerprint density at radius 3 is 2.59 bits per heavy atom. The number of nitrogens with one attached hydrogen (secondary N) is 1. The number of likely N-dealkylation sites (tertiary alicyclic amines) is 1. The Hall–Kier alpha value is -3.08. The van der Waals surface area contributed by atoms with Gasteiger partial charge in [-0.15, -0.1) is 0 Å². The number of hydrogen-bond acceptors (Lipinski definition) is 3. The third-order valence-electron chi connectivity index (χ3n) is 5.33. The number of hydrogen-bond donors (Lipinski definition) is 2. The van der Waals surface area contributed by atoms with Gasteiger partial charge in [-0.2, -0.15) is 5.10 Å². The summed E-state index contributed by atoms with van der Waals surface area (Å²) in [6.45, 7) is 3.24. The van der Waals surface area contributed by atoms with Crippen molar-refractivity contribution in [3.8, 4) is 16.9 Å². The van der Waals surface area contributed by atoms with Gasteiger partial charge in [0, 0.05) is 30.3 Å². The summed E-state index contributed by atoms with van der Waals surface area (Å²) in [7, 11) is 0. The second-order valence-electron chi connectivity index (χ2n) is 7.15. The molecular formula is C22H23N3O2. The number of aryl methyl sites for hydroxylation is 1. The molecule has 4 rings (SSSR count). The van der Waals surface area contributed by atoms with Crippen molar-refractivity contribution in [3.63, 3.8) is 0 Å². The summed E-state index contributed by atoms with van der Waals surface area (Å²) in [6.07, 6.45) is 3.63. The average molecular weight is 361 g/mol. The van der Waals surface area contributed by atoms with Gasteiger partial charge in [0.2, 0.25) is 0 Å². The molecule has 5 nitrogen and oxygen atoms in total. The zero-order chi connectivity index (χ0) is 18.8. The second-order valence-corrected chi connectivity index (χ2v) is 7.15. The number of amides is 1. The Balaban J connectivity index is 1.47. The Kier molecular flexibility index (Phi) is 4.67. The zero-order valence-electron chi connectivity index (χ0n) is 15.4. The predicted molar refractivity (Wildman–Crippen MR) is 105 cm³/mol. The molecule has 0 spiro atoms. The lowest BCUT2D eigenvalue weighted by Gasteiger charge is -2.32. The van der Waals surface area contributed by atoms with Crippen molar-refractivity contribution in [2.45, 2.75) is 25.7 Å². The monoisotopic (exact) mass is 361 g/mol. The van der Waals surface area contributed by atoms with E-state index in [1.165, 1.54) is 0 Å². The maximum Gasteiger partial charge on any atom is 0.257 e. The van der Waals surface area contributed by atoms with Crippen LogP contribution in [0.2, 0.25) is 0 Å². The van der Waals surface area contributed by atoms with E-state index in [0.29, 0.717) is 24.6 Å². The maximum atomic E-state index is 12.8. The SMILES string of the molecule is Cc1ccc(C(=O)N2CCC(c3[nH]ncc3-c3ccccc3)CC2)c(O)c1. The number of phenols is 1. The number of nitrogens with zero attached hydrogens (tertiary/aromatic N) is 2. The van der Waals surface area contributed by atoms with Gasteiger partial charge in [-0.25, -0.2) is 0 Å². The highest BCUT2D eigenvalue weighted by molar-refractivity contribution is 5.97. The molecular weight excluding hydrogens is 338 g/mol. The summed E-state index contributed by atoms with van der Waals surface area (Å²) in [5, 5.41) is 17.5. The Morgan fingerprint density at radius 1 is 1.15 bits per heavy atom. The summed E-state index contributed by atoms with van der Waals surface area (Å²) >= 11 is 0. The molecule has 3 aromatic rings. The Labute approximate surface area is 158 Å². The molecule has 2 aromatic carbocycles. The van der Waals surface area contributed by atoms with Crippen LogP contribution in [0, 0.1) is 6.92 Å². The summed E-state index contributed by atoms with van der Waals surface area (Å²) in [6, 6.07) is 15.5. The summed E-state index contributed by atoms with van der Waals surface area (Å²) in [5.41, 5.74) is 4.76. The molecule has 2 heterocycles. The van der Waals surface area contributed by atoms with E-state index in [0.717, 1.165) is 35.2 Å². The molecule has 1 aliphatic heterocycles. The molecule has 5 heteroatoms. The van der Waals surface area contributed by atoms with Crippen molar-refractivity contribution in [1.29, 1.82) is 0 Å².